The molecule has 2 heterocycles. The van der Waals surface area contributed by atoms with E-state index in [9.17, 15) is 0 Å². The first-order valence-electron chi connectivity index (χ1n) is 7.02. The quantitative estimate of drug-likeness (QED) is 0.711. The highest BCUT2D eigenvalue weighted by molar-refractivity contribution is 5.81. The number of fused-ring (bicyclic) bond motifs is 1. The summed E-state index contributed by atoms with van der Waals surface area (Å²) in [5.41, 5.74) is 2.44. The molecule has 0 spiro atoms. The van der Waals surface area contributed by atoms with Crippen molar-refractivity contribution >= 4 is 10.9 Å². The summed E-state index contributed by atoms with van der Waals surface area (Å²) in [6.07, 6.45) is 5.94. The molecule has 0 aliphatic rings. The Morgan fingerprint density at radius 2 is 2.05 bits per heavy atom. The lowest BCUT2D eigenvalue weighted by Crippen LogP contribution is -2.05. The van der Waals surface area contributed by atoms with Gasteiger partial charge in [0.15, 0.2) is 0 Å². The average Bonchev–Trinajstić information content (AvgIpc) is 3.06. The Labute approximate surface area is 118 Å². The van der Waals surface area contributed by atoms with Crippen molar-refractivity contribution in [2.75, 3.05) is 6.61 Å². The first-order valence-corrected chi connectivity index (χ1v) is 7.02. The van der Waals surface area contributed by atoms with Crippen molar-refractivity contribution in [1.82, 2.24) is 14.1 Å². The van der Waals surface area contributed by atoms with Gasteiger partial charge in [-0.2, -0.15) is 0 Å². The molecule has 0 aliphatic carbocycles. The average molecular weight is 269 g/mol. The van der Waals surface area contributed by atoms with Gasteiger partial charge in [0.2, 0.25) is 0 Å². The van der Waals surface area contributed by atoms with Crippen LogP contribution in [-0.4, -0.2) is 20.7 Å². The van der Waals surface area contributed by atoms with Gasteiger partial charge >= 0.3 is 0 Å². The SMILES string of the molecule is CCOc1ccc2c(ccn2Cc2cncn2CC)c1. The second-order valence-electron chi connectivity index (χ2n) is 4.77. The van der Waals surface area contributed by atoms with Crippen molar-refractivity contribution in [3.05, 3.63) is 48.7 Å². The zero-order chi connectivity index (χ0) is 13.9. The van der Waals surface area contributed by atoms with Crippen molar-refractivity contribution in [3.63, 3.8) is 0 Å². The maximum Gasteiger partial charge on any atom is 0.120 e. The fourth-order valence-electron chi connectivity index (χ4n) is 2.51. The summed E-state index contributed by atoms with van der Waals surface area (Å²) in [6, 6.07) is 8.36. The fourth-order valence-corrected chi connectivity index (χ4v) is 2.51. The van der Waals surface area contributed by atoms with Gasteiger partial charge in [-0.1, -0.05) is 0 Å². The standard InChI is InChI=1S/C16H19N3O/c1-3-18-12-17-10-14(18)11-19-8-7-13-9-15(20-4-2)5-6-16(13)19/h5-10,12H,3-4,11H2,1-2H3. The van der Waals surface area contributed by atoms with Crippen LogP contribution in [-0.2, 0) is 13.1 Å². The van der Waals surface area contributed by atoms with Gasteiger partial charge in [0.25, 0.3) is 0 Å². The Hall–Kier alpha value is -2.23. The summed E-state index contributed by atoms with van der Waals surface area (Å²) in [7, 11) is 0. The van der Waals surface area contributed by atoms with Crippen molar-refractivity contribution in [2.24, 2.45) is 0 Å². The van der Waals surface area contributed by atoms with Gasteiger partial charge in [-0.05, 0) is 38.1 Å². The summed E-state index contributed by atoms with van der Waals surface area (Å²) in [5.74, 6) is 0.927. The third-order valence-electron chi connectivity index (χ3n) is 3.53. The summed E-state index contributed by atoms with van der Waals surface area (Å²) in [4.78, 5) is 4.22. The third-order valence-corrected chi connectivity index (χ3v) is 3.53. The topological polar surface area (TPSA) is 32.0 Å². The molecular formula is C16H19N3O. The predicted molar refractivity (Wildman–Crippen MR) is 80.1 cm³/mol. The van der Waals surface area contributed by atoms with Crippen LogP contribution < -0.4 is 4.74 Å². The Morgan fingerprint density at radius 1 is 1.15 bits per heavy atom. The van der Waals surface area contributed by atoms with Gasteiger partial charge in [0.05, 0.1) is 25.2 Å². The number of hydrogen-bond donors (Lipinski definition) is 0. The Bertz CT molecular complexity index is 711. The van der Waals surface area contributed by atoms with Crippen LogP contribution >= 0.6 is 0 Å². The van der Waals surface area contributed by atoms with Crippen LogP contribution in [0, 0.1) is 0 Å². The second kappa shape index (κ2) is 5.41. The highest BCUT2D eigenvalue weighted by Gasteiger charge is 2.06. The van der Waals surface area contributed by atoms with E-state index in [-0.39, 0.29) is 0 Å². The van der Waals surface area contributed by atoms with E-state index in [2.05, 4.69) is 45.4 Å². The van der Waals surface area contributed by atoms with E-state index in [4.69, 9.17) is 4.74 Å². The van der Waals surface area contributed by atoms with Crippen LogP contribution in [0.15, 0.2) is 43.0 Å². The van der Waals surface area contributed by atoms with Gasteiger partial charge in [0.1, 0.15) is 5.75 Å². The minimum Gasteiger partial charge on any atom is -0.494 e. The maximum absolute atomic E-state index is 5.54. The molecule has 0 fully saturated rings. The van der Waals surface area contributed by atoms with E-state index in [0.29, 0.717) is 6.61 Å². The molecule has 0 N–H and O–H groups in total. The van der Waals surface area contributed by atoms with Crippen molar-refractivity contribution in [1.29, 1.82) is 0 Å². The lowest BCUT2D eigenvalue weighted by atomic mass is 10.2. The molecule has 4 nitrogen and oxygen atoms in total. The normalized spacial score (nSPS) is 11.1. The van der Waals surface area contributed by atoms with E-state index < -0.39 is 0 Å². The first kappa shape index (κ1) is 12.8. The highest BCUT2D eigenvalue weighted by atomic mass is 16.5. The predicted octanol–water partition coefficient (Wildman–Crippen LogP) is 3.30. The van der Waals surface area contributed by atoms with Crippen LogP contribution in [0.4, 0.5) is 0 Å². The van der Waals surface area contributed by atoms with Crippen molar-refractivity contribution in [3.8, 4) is 5.75 Å². The number of aryl methyl sites for hydroxylation is 1. The van der Waals surface area contributed by atoms with Crippen LogP contribution in [0.5, 0.6) is 5.75 Å². The van der Waals surface area contributed by atoms with E-state index in [1.54, 1.807) is 0 Å². The van der Waals surface area contributed by atoms with E-state index in [1.165, 1.54) is 16.6 Å². The van der Waals surface area contributed by atoms with E-state index in [0.717, 1.165) is 18.8 Å². The zero-order valence-corrected chi connectivity index (χ0v) is 11.9. The molecule has 0 aliphatic heterocycles. The largest absolute Gasteiger partial charge is 0.494 e. The number of ether oxygens (including phenoxy) is 1. The van der Waals surface area contributed by atoms with Crippen molar-refractivity contribution < 1.29 is 4.74 Å². The molecule has 3 aromatic rings. The molecular weight excluding hydrogens is 250 g/mol. The van der Waals surface area contributed by atoms with Crippen LogP contribution in [0.3, 0.4) is 0 Å². The number of rotatable bonds is 5. The van der Waals surface area contributed by atoms with Crippen molar-refractivity contribution in [2.45, 2.75) is 26.9 Å². The highest BCUT2D eigenvalue weighted by Crippen LogP contribution is 2.22. The summed E-state index contributed by atoms with van der Waals surface area (Å²) < 4.78 is 9.95. The summed E-state index contributed by atoms with van der Waals surface area (Å²) >= 11 is 0. The minimum atomic E-state index is 0.696. The van der Waals surface area contributed by atoms with Crippen LogP contribution in [0.2, 0.25) is 0 Å². The number of nitrogens with zero attached hydrogens (tertiary/aromatic N) is 3. The van der Waals surface area contributed by atoms with Gasteiger partial charge < -0.3 is 13.9 Å². The molecule has 4 heteroatoms. The van der Waals surface area contributed by atoms with Gasteiger partial charge in [-0.15, -0.1) is 0 Å². The second-order valence-corrected chi connectivity index (χ2v) is 4.77. The smallest absolute Gasteiger partial charge is 0.120 e. The molecule has 104 valence electrons. The lowest BCUT2D eigenvalue weighted by Gasteiger charge is -2.08. The zero-order valence-electron chi connectivity index (χ0n) is 11.9. The molecule has 0 saturated carbocycles. The Kier molecular flexibility index (Phi) is 3.46. The number of aromatic nitrogens is 3. The summed E-state index contributed by atoms with van der Waals surface area (Å²) in [5, 5.41) is 1.21. The number of benzene rings is 1. The lowest BCUT2D eigenvalue weighted by molar-refractivity contribution is 0.340. The van der Waals surface area contributed by atoms with Crippen LogP contribution in [0.1, 0.15) is 19.5 Å². The molecule has 0 amide bonds. The van der Waals surface area contributed by atoms with E-state index >= 15 is 0 Å². The van der Waals surface area contributed by atoms with E-state index in [1.807, 2.05) is 25.5 Å². The summed E-state index contributed by atoms with van der Waals surface area (Å²) in [6.45, 7) is 6.62. The number of hydrogen-bond acceptors (Lipinski definition) is 2. The minimum absolute atomic E-state index is 0.696. The molecule has 0 radical (unpaired) electrons. The molecule has 2 aromatic heterocycles. The maximum atomic E-state index is 5.54. The molecule has 0 unspecified atom stereocenters. The van der Waals surface area contributed by atoms with Gasteiger partial charge in [-0.3, -0.25) is 0 Å². The third kappa shape index (κ3) is 2.29. The monoisotopic (exact) mass is 269 g/mol. The van der Waals surface area contributed by atoms with Gasteiger partial charge in [-0.25, -0.2) is 4.98 Å². The fraction of sp³-hybridized carbons (Fsp3) is 0.312. The first-order chi connectivity index (χ1) is 9.81. The molecule has 0 bridgehead atoms. The molecule has 20 heavy (non-hydrogen) atoms. The molecule has 0 saturated heterocycles. The number of imidazole rings is 1. The van der Waals surface area contributed by atoms with Gasteiger partial charge in [0, 0.05) is 29.8 Å². The Morgan fingerprint density at radius 3 is 2.85 bits per heavy atom. The molecule has 0 atom stereocenters. The van der Waals surface area contributed by atoms with Crippen LogP contribution in [0.25, 0.3) is 10.9 Å². The molecule has 1 aromatic carbocycles. The Balaban J connectivity index is 1.92. The molecule has 3 rings (SSSR count).